The Labute approximate surface area is 113 Å². The van der Waals surface area contributed by atoms with Gasteiger partial charge in [0.25, 0.3) is 0 Å². The lowest BCUT2D eigenvalue weighted by Gasteiger charge is -2.02. The van der Waals surface area contributed by atoms with E-state index in [4.69, 9.17) is 10.3 Å². The molecule has 0 aliphatic heterocycles. The number of nitrogens with zero attached hydrogens (tertiary/aromatic N) is 2. The maximum Gasteiger partial charge on any atom is 0.243 e. The van der Waals surface area contributed by atoms with Crippen LogP contribution in [0, 0.1) is 5.82 Å². The van der Waals surface area contributed by atoms with Crippen LogP contribution < -0.4 is 5.73 Å². The summed E-state index contributed by atoms with van der Waals surface area (Å²) in [4.78, 5) is 4.19. The Morgan fingerprint density at radius 3 is 2.89 bits per heavy atom. The van der Waals surface area contributed by atoms with Crippen molar-refractivity contribution in [2.45, 2.75) is 25.8 Å². The second kappa shape index (κ2) is 5.58. The number of rotatable bonds is 4. The van der Waals surface area contributed by atoms with E-state index in [0.29, 0.717) is 21.8 Å². The van der Waals surface area contributed by atoms with Crippen LogP contribution in [0.2, 0.25) is 0 Å². The second-order valence-corrected chi connectivity index (χ2v) is 4.93. The fraction of sp³-hybridized carbons (Fsp3) is 0.333. The second-order valence-electron chi connectivity index (χ2n) is 4.01. The number of nitrogens with two attached hydrogens (primary N) is 1. The first kappa shape index (κ1) is 13.2. The number of hydrogen-bond donors (Lipinski definition) is 1. The molecule has 1 aromatic carbocycles. The van der Waals surface area contributed by atoms with Crippen LogP contribution in [0.3, 0.4) is 0 Å². The summed E-state index contributed by atoms with van der Waals surface area (Å²) in [6, 6.07) is 4.18. The minimum atomic E-state index is -0.358. The zero-order chi connectivity index (χ0) is 13.1. The highest BCUT2D eigenvalue weighted by Crippen LogP contribution is 2.24. The molecule has 0 aliphatic rings. The van der Waals surface area contributed by atoms with Crippen molar-refractivity contribution in [1.82, 2.24) is 10.1 Å². The van der Waals surface area contributed by atoms with E-state index in [1.807, 2.05) is 6.92 Å². The average Bonchev–Trinajstić information content (AvgIpc) is 2.77. The molecular formula is C12H13BrFN3O. The highest BCUT2D eigenvalue weighted by atomic mass is 79.9. The monoisotopic (exact) mass is 313 g/mol. The van der Waals surface area contributed by atoms with Crippen LogP contribution in [-0.2, 0) is 0 Å². The zero-order valence-corrected chi connectivity index (χ0v) is 11.4. The number of hydrogen-bond acceptors (Lipinski definition) is 4. The third-order valence-corrected chi connectivity index (χ3v) is 2.94. The van der Waals surface area contributed by atoms with Crippen LogP contribution in [0.4, 0.5) is 4.39 Å². The molecule has 0 amide bonds. The third-order valence-electron chi connectivity index (χ3n) is 2.48. The van der Waals surface area contributed by atoms with Gasteiger partial charge in [-0.1, -0.05) is 34.4 Å². The van der Waals surface area contributed by atoms with Gasteiger partial charge >= 0.3 is 0 Å². The van der Waals surface area contributed by atoms with Crippen molar-refractivity contribution in [3.05, 3.63) is 34.4 Å². The summed E-state index contributed by atoms with van der Waals surface area (Å²) in [5, 5.41) is 3.82. The Balaban J connectivity index is 2.29. The van der Waals surface area contributed by atoms with Gasteiger partial charge in [0.2, 0.25) is 11.7 Å². The molecule has 0 saturated carbocycles. The maximum absolute atomic E-state index is 13.3. The summed E-state index contributed by atoms with van der Waals surface area (Å²) in [6.07, 6.45) is 1.71. The van der Waals surface area contributed by atoms with Gasteiger partial charge in [-0.05, 0) is 24.6 Å². The van der Waals surface area contributed by atoms with E-state index >= 15 is 0 Å². The predicted octanol–water partition coefficient (Wildman–Crippen LogP) is 3.44. The molecule has 0 fully saturated rings. The first-order valence-electron chi connectivity index (χ1n) is 5.65. The van der Waals surface area contributed by atoms with Crippen molar-refractivity contribution in [2.24, 2.45) is 5.73 Å². The van der Waals surface area contributed by atoms with E-state index in [-0.39, 0.29) is 11.9 Å². The lowest BCUT2D eigenvalue weighted by atomic mass is 10.2. The Bertz CT molecular complexity index is 524. The van der Waals surface area contributed by atoms with Gasteiger partial charge < -0.3 is 10.3 Å². The van der Waals surface area contributed by atoms with Crippen LogP contribution in [0.15, 0.2) is 27.2 Å². The molecule has 96 valence electrons. The molecule has 0 radical (unpaired) electrons. The molecule has 1 atom stereocenters. The first-order valence-corrected chi connectivity index (χ1v) is 6.45. The molecular weight excluding hydrogens is 301 g/mol. The molecule has 1 aromatic heterocycles. The smallest absolute Gasteiger partial charge is 0.243 e. The van der Waals surface area contributed by atoms with Crippen molar-refractivity contribution < 1.29 is 8.91 Å². The van der Waals surface area contributed by atoms with Gasteiger partial charge in [-0.15, -0.1) is 0 Å². The summed E-state index contributed by atoms with van der Waals surface area (Å²) >= 11 is 3.22. The molecule has 18 heavy (non-hydrogen) atoms. The van der Waals surface area contributed by atoms with E-state index in [0.717, 1.165) is 12.8 Å². The zero-order valence-electron chi connectivity index (χ0n) is 9.86. The molecule has 2 rings (SSSR count). The van der Waals surface area contributed by atoms with E-state index in [9.17, 15) is 4.39 Å². The Morgan fingerprint density at radius 1 is 1.44 bits per heavy atom. The number of benzene rings is 1. The minimum Gasteiger partial charge on any atom is -0.337 e. The van der Waals surface area contributed by atoms with Crippen LogP contribution >= 0.6 is 15.9 Å². The number of aromatic nitrogens is 2. The molecule has 4 nitrogen and oxygen atoms in total. The molecule has 0 unspecified atom stereocenters. The predicted molar refractivity (Wildman–Crippen MR) is 69.2 cm³/mol. The average molecular weight is 314 g/mol. The first-order chi connectivity index (χ1) is 8.60. The van der Waals surface area contributed by atoms with Crippen molar-refractivity contribution in [2.75, 3.05) is 0 Å². The summed E-state index contributed by atoms with van der Waals surface area (Å²) in [5.74, 6) is 0.368. The largest absolute Gasteiger partial charge is 0.337 e. The standard InChI is InChI=1S/C12H13BrFN3O/c1-2-3-10(15)12-16-11(17-18-12)7-4-8(13)6-9(14)5-7/h4-6,10H,2-3,15H2,1H3/t10-/m1/s1. The fourth-order valence-electron chi connectivity index (χ4n) is 1.62. The van der Waals surface area contributed by atoms with E-state index in [1.54, 1.807) is 6.07 Å². The van der Waals surface area contributed by atoms with Crippen LogP contribution in [0.5, 0.6) is 0 Å². The third kappa shape index (κ3) is 2.94. The Kier molecular flexibility index (Phi) is 4.08. The maximum atomic E-state index is 13.3. The van der Waals surface area contributed by atoms with E-state index in [2.05, 4.69) is 26.1 Å². The van der Waals surface area contributed by atoms with Crippen LogP contribution in [0.1, 0.15) is 31.7 Å². The van der Waals surface area contributed by atoms with Gasteiger partial charge in [0.15, 0.2) is 0 Å². The topological polar surface area (TPSA) is 64.9 Å². The van der Waals surface area contributed by atoms with Crippen LogP contribution in [-0.4, -0.2) is 10.1 Å². The quantitative estimate of drug-likeness (QED) is 0.939. The summed E-state index contributed by atoms with van der Waals surface area (Å²) in [7, 11) is 0. The van der Waals surface area contributed by atoms with Gasteiger partial charge in [0.1, 0.15) is 5.82 Å². The van der Waals surface area contributed by atoms with E-state index in [1.165, 1.54) is 12.1 Å². The molecule has 0 aliphatic carbocycles. The Hall–Kier alpha value is -1.27. The number of halogens is 2. The molecule has 0 bridgehead atoms. The molecule has 0 saturated heterocycles. The highest BCUT2D eigenvalue weighted by molar-refractivity contribution is 9.10. The molecule has 1 heterocycles. The van der Waals surface area contributed by atoms with Crippen molar-refractivity contribution in [3.8, 4) is 11.4 Å². The van der Waals surface area contributed by atoms with Gasteiger partial charge in [-0.3, -0.25) is 0 Å². The lowest BCUT2D eigenvalue weighted by molar-refractivity contribution is 0.348. The lowest BCUT2D eigenvalue weighted by Crippen LogP contribution is -2.09. The van der Waals surface area contributed by atoms with Crippen LogP contribution in [0.25, 0.3) is 11.4 Å². The molecule has 0 spiro atoms. The summed E-state index contributed by atoms with van der Waals surface area (Å²) < 4.78 is 19.0. The summed E-state index contributed by atoms with van der Waals surface area (Å²) in [5.41, 5.74) is 6.43. The van der Waals surface area contributed by atoms with E-state index < -0.39 is 0 Å². The van der Waals surface area contributed by atoms with Gasteiger partial charge in [0.05, 0.1) is 6.04 Å². The minimum absolute atomic E-state index is 0.270. The van der Waals surface area contributed by atoms with Crippen molar-refractivity contribution in [1.29, 1.82) is 0 Å². The molecule has 2 aromatic rings. The Morgan fingerprint density at radius 2 is 2.22 bits per heavy atom. The SMILES string of the molecule is CCC[C@@H](N)c1nc(-c2cc(F)cc(Br)c2)no1. The van der Waals surface area contributed by atoms with Gasteiger partial charge in [0, 0.05) is 10.0 Å². The fourth-order valence-corrected chi connectivity index (χ4v) is 2.09. The molecule has 6 heteroatoms. The van der Waals surface area contributed by atoms with Crippen molar-refractivity contribution >= 4 is 15.9 Å². The summed E-state index contributed by atoms with van der Waals surface area (Å²) in [6.45, 7) is 2.03. The highest BCUT2D eigenvalue weighted by Gasteiger charge is 2.15. The normalized spacial score (nSPS) is 12.7. The van der Waals surface area contributed by atoms with Gasteiger partial charge in [-0.25, -0.2) is 4.39 Å². The van der Waals surface area contributed by atoms with Crippen molar-refractivity contribution in [3.63, 3.8) is 0 Å². The van der Waals surface area contributed by atoms with Gasteiger partial charge in [-0.2, -0.15) is 4.98 Å². The molecule has 2 N–H and O–H groups in total.